The zero-order valence-corrected chi connectivity index (χ0v) is 16.6. The molecule has 0 spiro atoms. The monoisotopic (exact) mass is 370 g/mol. The van der Waals surface area contributed by atoms with E-state index in [1.807, 2.05) is 42.3 Å². The summed E-state index contributed by atoms with van der Waals surface area (Å²) in [6, 6.07) is 7.48. The van der Waals surface area contributed by atoms with Gasteiger partial charge in [-0.05, 0) is 52.1 Å². The van der Waals surface area contributed by atoms with E-state index >= 15 is 0 Å². The molecule has 0 unspecified atom stereocenters. The van der Waals surface area contributed by atoms with Crippen molar-refractivity contribution in [2.45, 2.75) is 32.2 Å². The SMILES string of the molecule is CCOc1cccc(C(=O)N2CCC(c3nccn3CCN(C)C)CC2)c1. The molecule has 1 saturated heterocycles. The van der Waals surface area contributed by atoms with E-state index in [2.05, 4.69) is 34.7 Å². The van der Waals surface area contributed by atoms with Gasteiger partial charge < -0.3 is 19.1 Å². The molecule has 1 fully saturated rings. The molecule has 0 bridgehead atoms. The third-order valence-corrected chi connectivity index (χ3v) is 5.08. The summed E-state index contributed by atoms with van der Waals surface area (Å²) in [5, 5.41) is 0. The highest BCUT2D eigenvalue weighted by Crippen LogP contribution is 2.28. The van der Waals surface area contributed by atoms with Crippen LogP contribution in [-0.2, 0) is 6.54 Å². The molecular formula is C21H30N4O2. The second-order valence-electron chi connectivity index (χ2n) is 7.31. The number of benzene rings is 1. The Morgan fingerprint density at radius 3 is 2.78 bits per heavy atom. The van der Waals surface area contributed by atoms with Crippen molar-refractivity contribution < 1.29 is 9.53 Å². The molecule has 6 nitrogen and oxygen atoms in total. The highest BCUT2D eigenvalue weighted by atomic mass is 16.5. The summed E-state index contributed by atoms with van der Waals surface area (Å²) in [5.41, 5.74) is 0.701. The molecule has 1 aliphatic rings. The lowest BCUT2D eigenvalue weighted by Gasteiger charge is -2.32. The van der Waals surface area contributed by atoms with Gasteiger partial charge in [-0.3, -0.25) is 4.79 Å². The van der Waals surface area contributed by atoms with E-state index < -0.39 is 0 Å². The summed E-state index contributed by atoms with van der Waals surface area (Å²) in [5.74, 6) is 2.41. The van der Waals surface area contributed by atoms with E-state index in [0.717, 1.165) is 50.6 Å². The van der Waals surface area contributed by atoms with Crippen LogP contribution < -0.4 is 4.74 Å². The van der Waals surface area contributed by atoms with Crippen molar-refractivity contribution in [2.24, 2.45) is 0 Å². The molecule has 2 aromatic rings. The van der Waals surface area contributed by atoms with Gasteiger partial charge in [0.15, 0.2) is 0 Å². The van der Waals surface area contributed by atoms with Gasteiger partial charge in [0, 0.05) is 50.1 Å². The quantitative estimate of drug-likeness (QED) is 0.752. The van der Waals surface area contributed by atoms with E-state index in [0.29, 0.717) is 18.1 Å². The zero-order chi connectivity index (χ0) is 19.2. The molecule has 146 valence electrons. The van der Waals surface area contributed by atoms with Crippen molar-refractivity contribution in [3.63, 3.8) is 0 Å². The molecular weight excluding hydrogens is 340 g/mol. The fourth-order valence-electron chi connectivity index (χ4n) is 3.59. The zero-order valence-electron chi connectivity index (χ0n) is 16.6. The molecule has 1 aliphatic heterocycles. The second-order valence-corrected chi connectivity index (χ2v) is 7.31. The molecule has 27 heavy (non-hydrogen) atoms. The maximum absolute atomic E-state index is 12.8. The molecule has 0 saturated carbocycles. The van der Waals surface area contributed by atoms with Gasteiger partial charge in [0.2, 0.25) is 0 Å². The summed E-state index contributed by atoms with van der Waals surface area (Å²) in [6.07, 6.45) is 5.86. The van der Waals surface area contributed by atoms with E-state index in [4.69, 9.17) is 4.74 Å². The maximum Gasteiger partial charge on any atom is 0.253 e. The predicted octanol–water partition coefficient (Wildman–Crippen LogP) is 2.86. The Morgan fingerprint density at radius 2 is 2.07 bits per heavy atom. The summed E-state index contributed by atoms with van der Waals surface area (Å²) in [7, 11) is 4.17. The van der Waals surface area contributed by atoms with Crippen LogP contribution in [0.2, 0.25) is 0 Å². The molecule has 3 rings (SSSR count). The maximum atomic E-state index is 12.8. The van der Waals surface area contributed by atoms with Gasteiger partial charge in [0.25, 0.3) is 5.91 Å². The summed E-state index contributed by atoms with van der Waals surface area (Å²) in [6.45, 7) is 6.03. The number of likely N-dealkylation sites (N-methyl/N-ethyl adjacent to an activating group) is 1. The smallest absolute Gasteiger partial charge is 0.253 e. The number of hydrogen-bond donors (Lipinski definition) is 0. The minimum absolute atomic E-state index is 0.0888. The lowest BCUT2D eigenvalue weighted by atomic mass is 9.95. The molecule has 0 aliphatic carbocycles. The molecule has 1 aromatic heterocycles. The fraction of sp³-hybridized carbons (Fsp3) is 0.524. The van der Waals surface area contributed by atoms with Crippen LogP contribution in [-0.4, -0.2) is 65.6 Å². The summed E-state index contributed by atoms with van der Waals surface area (Å²) in [4.78, 5) is 21.6. The normalized spacial score (nSPS) is 15.3. The number of carbonyl (C=O) groups excluding carboxylic acids is 1. The van der Waals surface area contributed by atoms with Crippen LogP contribution in [0, 0.1) is 0 Å². The number of amides is 1. The van der Waals surface area contributed by atoms with E-state index in [9.17, 15) is 4.79 Å². The number of imidazole rings is 1. The van der Waals surface area contributed by atoms with Gasteiger partial charge in [-0.15, -0.1) is 0 Å². The number of rotatable bonds is 7. The number of hydrogen-bond acceptors (Lipinski definition) is 4. The van der Waals surface area contributed by atoms with Crippen molar-refractivity contribution in [2.75, 3.05) is 40.3 Å². The average Bonchev–Trinajstić information content (AvgIpc) is 3.15. The van der Waals surface area contributed by atoms with Gasteiger partial charge in [-0.25, -0.2) is 4.98 Å². The van der Waals surface area contributed by atoms with Crippen LogP contribution >= 0.6 is 0 Å². The predicted molar refractivity (Wildman–Crippen MR) is 106 cm³/mol. The highest BCUT2D eigenvalue weighted by molar-refractivity contribution is 5.94. The van der Waals surface area contributed by atoms with Gasteiger partial charge in [-0.2, -0.15) is 0 Å². The molecule has 6 heteroatoms. The first kappa shape index (κ1) is 19.4. The third kappa shape index (κ3) is 4.89. The van der Waals surface area contributed by atoms with Crippen LogP contribution in [0.25, 0.3) is 0 Å². The Kier molecular flexibility index (Phi) is 6.50. The Labute approximate surface area is 161 Å². The summed E-state index contributed by atoms with van der Waals surface area (Å²) < 4.78 is 7.78. The van der Waals surface area contributed by atoms with Crippen LogP contribution in [0.5, 0.6) is 5.75 Å². The number of likely N-dealkylation sites (tertiary alicyclic amines) is 1. The average molecular weight is 370 g/mol. The standard InChI is InChI=1S/C21H30N4O2/c1-4-27-19-7-5-6-18(16-19)21(26)25-11-8-17(9-12-25)20-22-10-13-24(20)15-14-23(2)3/h5-7,10,13,16-17H,4,8-9,11-12,14-15H2,1-3H3. The van der Waals surface area contributed by atoms with Gasteiger partial charge in [-0.1, -0.05) is 6.07 Å². The largest absolute Gasteiger partial charge is 0.494 e. The van der Waals surface area contributed by atoms with Gasteiger partial charge in [0.05, 0.1) is 6.61 Å². The number of ether oxygens (including phenoxy) is 1. The first-order chi connectivity index (χ1) is 13.1. The fourth-order valence-corrected chi connectivity index (χ4v) is 3.59. The molecule has 1 aromatic carbocycles. The van der Waals surface area contributed by atoms with E-state index in [1.165, 1.54) is 0 Å². The van der Waals surface area contributed by atoms with Crippen LogP contribution in [0.1, 0.15) is 41.9 Å². The summed E-state index contributed by atoms with van der Waals surface area (Å²) >= 11 is 0. The lowest BCUT2D eigenvalue weighted by Crippen LogP contribution is -2.38. The minimum Gasteiger partial charge on any atom is -0.494 e. The van der Waals surface area contributed by atoms with Crippen LogP contribution in [0.4, 0.5) is 0 Å². The van der Waals surface area contributed by atoms with E-state index in [-0.39, 0.29) is 5.91 Å². The number of piperidine rings is 1. The topological polar surface area (TPSA) is 50.6 Å². The van der Waals surface area contributed by atoms with Crippen molar-refractivity contribution in [1.82, 2.24) is 19.4 Å². The van der Waals surface area contributed by atoms with Gasteiger partial charge >= 0.3 is 0 Å². The minimum atomic E-state index is 0.0888. The first-order valence-electron chi connectivity index (χ1n) is 9.76. The molecule has 0 atom stereocenters. The van der Waals surface area contributed by atoms with Crippen molar-refractivity contribution in [1.29, 1.82) is 0 Å². The molecule has 0 N–H and O–H groups in total. The first-order valence-corrected chi connectivity index (χ1v) is 9.76. The van der Waals surface area contributed by atoms with Crippen molar-refractivity contribution in [3.05, 3.63) is 48.0 Å². The molecule has 1 amide bonds. The lowest BCUT2D eigenvalue weighted by molar-refractivity contribution is 0.0709. The van der Waals surface area contributed by atoms with E-state index in [1.54, 1.807) is 0 Å². The second kappa shape index (κ2) is 9.04. The Morgan fingerprint density at radius 1 is 1.30 bits per heavy atom. The molecule has 2 heterocycles. The highest BCUT2D eigenvalue weighted by Gasteiger charge is 2.27. The van der Waals surface area contributed by atoms with Crippen LogP contribution in [0.3, 0.4) is 0 Å². The Hall–Kier alpha value is -2.34. The Balaban J connectivity index is 1.60. The molecule has 0 radical (unpaired) electrons. The number of carbonyl (C=O) groups is 1. The van der Waals surface area contributed by atoms with Gasteiger partial charge in [0.1, 0.15) is 11.6 Å². The van der Waals surface area contributed by atoms with Crippen molar-refractivity contribution in [3.8, 4) is 5.75 Å². The third-order valence-electron chi connectivity index (χ3n) is 5.08. The van der Waals surface area contributed by atoms with Crippen LogP contribution in [0.15, 0.2) is 36.7 Å². The van der Waals surface area contributed by atoms with Crippen molar-refractivity contribution >= 4 is 5.91 Å². The number of nitrogens with zero attached hydrogens (tertiary/aromatic N) is 4. The number of aromatic nitrogens is 2. The Bertz CT molecular complexity index is 748.